The smallest absolute Gasteiger partial charge is 0.353 e. The van der Waals surface area contributed by atoms with Gasteiger partial charge in [0.25, 0.3) is 22.4 Å². The minimum atomic E-state index is -2.36. The molecular formula is C62H52O43. The minimum absolute atomic E-state index is 0.723. The van der Waals surface area contributed by atoms with E-state index in [9.17, 15) is 115 Å². The standard InChI is InChI=1S/C12H12O10.C12H12O6.C10H8O8.C10H8O6.C9H6O7.C9H6O6/c1-17-9-5(13)21-6(14)10(9,18-2)12(20-4)8(16)22-7(15)11(9,12)19-3;1-9-5(13)17-6(14)10(9,2)12(4)8(16)18-7(15)11(9,12)3;1-15-9-3(5(11)17-7(9)13)10(16-2)4(9)6(12)18-8(10)14;1-9-3(5(11)15-7(9)13)10(2)4(9)6(12)16-8(10)14;1-14-9-3-2(5(10)15-6(3)11)4(9)7(12)16-8(9)13;1-9-3-2(5(10)14-6(3)11)4(9)7(12)15-8(9)13/h1-4H3;1-4H3;3-4H,1-2H3;3-4H,1-2H3;2-4H,1H3;2-4H,1H3. The van der Waals surface area contributed by atoms with Crippen LogP contribution in [-0.4, -0.2) is 232 Å². The minimum Gasteiger partial charge on any atom is -0.393 e. The fraction of sp³-hybridized carbons (Fsp3) is 0.613. The van der Waals surface area contributed by atoms with E-state index < -0.39 is 280 Å². The maximum absolute atomic E-state index is 12.3. The zero-order chi connectivity index (χ0) is 78.1. The van der Waals surface area contributed by atoms with Crippen molar-refractivity contribution in [3.63, 3.8) is 0 Å². The lowest BCUT2D eigenvalue weighted by Gasteiger charge is -2.65. The Balaban J connectivity index is 0.000000112. The third-order valence-electron chi connectivity index (χ3n) is 25.9. The van der Waals surface area contributed by atoms with E-state index in [1.807, 2.05) is 0 Å². The van der Waals surface area contributed by atoms with Crippen molar-refractivity contribution in [2.45, 2.75) is 87.7 Å². The monoisotopic (exact) mass is 1480 g/mol. The fourth-order valence-corrected chi connectivity index (χ4v) is 20.4. The van der Waals surface area contributed by atoms with Gasteiger partial charge in [0.2, 0.25) is 0 Å². The number of hydrogen-bond donors (Lipinski definition) is 0. The molecule has 12 heterocycles. The topological polar surface area (TPSA) is 585 Å². The summed E-state index contributed by atoms with van der Waals surface area (Å²) in [5.74, 6) is -31.0. The molecule has 8 unspecified atom stereocenters. The van der Waals surface area contributed by atoms with Crippen molar-refractivity contribution < 1.29 is 205 Å². The Morgan fingerprint density at radius 2 is 0.419 bits per heavy atom. The molecule has 6 aliphatic carbocycles. The van der Waals surface area contributed by atoms with E-state index in [0.29, 0.717) is 0 Å². The highest BCUT2D eigenvalue weighted by Crippen LogP contribution is 2.84. The van der Waals surface area contributed by atoms with Gasteiger partial charge in [-0.3, -0.25) is 81.5 Å². The van der Waals surface area contributed by atoms with E-state index in [1.54, 1.807) is 0 Å². The molecule has 43 heteroatoms. The number of ether oxygens (including phenoxy) is 19. The first-order valence-corrected chi connectivity index (χ1v) is 30.8. The van der Waals surface area contributed by atoms with Crippen LogP contribution in [0.25, 0.3) is 0 Å². The molecule has 0 aromatic heterocycles. The summed E-state index contributed by atoms with van der Waals surface area (Å²) in [7, 11) is 7.69. The number of esters is 24. The summed E-state index contributed by atoms with van der Waals surface area (Å²) in [6.07, 6.45) is 0. The first-order chi connectivity index (χ1) is 48.8. The Hall–Kier alpha value is -10.6. The molecule has 0 spiro atoms. The molecule has 0 amide bonds. The average molecular weight is 1490 g/mol. The van der Waals surface area contributed by atoms with Crippen molar-refractivity contribution in [2.24, 2.45) is 97.1 Å². The second-order valence-corrected chi connectivity index (χ2v) is 28.0. The van der Waals surface area contributed by atoms with Crippen molar-refractivity contribution in [3.8, 4) is 0 Å². The summed E-state index contributed by atoms with van der Waals surface area (Å²) in [5.41, 5.74) is -23.8. The van der Waals surface area contributed by atoms with Crippen molar-refractivity contribution in [1.29, 1.82) is 0 Å². The molecule has 0 bridgehead atoms. The van der Waals surface area contributed by atoms with Gasteiger partial charge in [0.15, 0.2) is 16.8 Å². The average Bonchev–Trinajstić information content (AvgIpc) is 1.50. The quantitative estimate of drug-likeness (QED) is 0.130. The van der Waals surface area contributed by atoms with Gasteiger partial charge in [-0.15, -0.1) is 0 Å². The predicted octanol–water partition coefficient (Wildman–Crippen LogP) is -7.10. The number of carbonyl (C=O) groups is 24. The third-order valence-corrected chi connectivity index (χ3v) is 25.9. The summed E-state index contributed by atoms with van der Waals surface area (Å²) >= 11 is 0. The van der Waals surface area contributed by atoms with E-state index in [4.69, 9.17) is 33.2 Å². The highest BCUT2D eigenvalue weighted by molar-refractivity contribution is 6.26. The van der Waals surface area contributed by atoms with Crippen molar-refractivity contribution in [1.82, 2.24) is 0 Å². The Morgan fingerprint density at radius 1 is 0.200 bits per heavy atom. The lowest BCUT2D eigenvalue weighted by atomic mass is 9.27. The molecule has 6 saturated carbocycles. The van der Waals surface area contributed by atoms with Gasteiger partial charge < -0.3 is 90.0 Å². The van der Waals surface area contributed by atoms with E-state index in [1.165, 1.54) is 55.6 Å². The van der Waals surface area contributed by atoms with Crippen LogP contribution in [0, 0.1) is 97.1 Å². The van der Waals surface area contributed by atoms with E-state index >= 15 is 0 Å². The summed E-state index contributed by atoms with van der Waals surface area (Å²) in [6.45, 7) is 10.4. The Kier molecular flexibility index (Phi) is 14.6. The molecule has 0 aromatic rings. The number of cyclic esters (lactones) is 24. The molecular weight excluding hydrogens is 1430 g/mol. The molecule has 12 saturated heterocycles. The van der Waals surface area contributed by atoms with Crippen LogP contribution in [0.5, 0.6) is 0 Å². The van der Waals surface area contributed by atoms with Crippen LogP contribution in [0.2, 0.25) is 0 Å². The first-order valence-electron chi connectivity index (χ1n) is 30.8. The number of rotatable bonds is 7. The summed E-state index contributed by atoms with van der Waals surface area (Å²) in [6, 6.07) is 0. The van der Waals surface area contributed by atoms with Gasteiger partial charge in [-0.1, -0.05) is 0 Å². The molecule has 0 aromatic carbocycles. The molecule has 12 aliphatic heterocycles. The van der Waals surface area contributed by atoms with Gasteiger partial charge in [-0.05, 0) is 48.5 Å². The fourth-order valence-electron chi connectivity index (χ4n) is 20.4. The normalized spacial score (nSPS) is 47.6. The van der Waals surface area contributed by atoms with Crippen molar-refractivity contribution in [2.75, 3.05) is 49.8 Å². The molecule has 18 rings (SSSR count). The van der Waals surface area contributed by atoms with E-state index in [2.05, 4.69) is 56.8 Å². The Labute approximate surface area is 581 Å². The lowest BCUT2D eigenvalue weighted by Crippen LogP contribution is -2.99. The van der Waals surface area contributed by atoms with Gasteiger partial charge in [0.05, 0.1) is 73.4 Å². The van der Waals surface area contributed by atoms with Crippen LogP contribution >= 0.6 is 0 Å². The lowest BCUT2D eigenvalue weighted by molar-refractivity contribution is -0.382. The molecule has 8 atom stereocenters. The molecule has 18 fully saturated rings. The third kappa shape index (κ3) is 6.66. The van der Waals surface area contributed by atoms with Gasteiger partial charge in [0, 0.05) is 49.8 Å². The zero-order valence-electron chi connectivity index (χ0n) is 56.3. The molecule has 43 nitrogen and oxygen atoms in total. The van der Waals surface area contributed by atoms with Crippen LogP contribution in [0.4, 0.5) is 0 Å². The number of fused-ring (bicyclic) bond motifs is 24. The van der Waals surface area contributed by atoms with Gasteiger partial charge in [-0.25, -0.2) is 33.6 Å². The zero-order valence-corrected chi connectivity index (χ0v) is 56.3. The van der Waals surface area contributed by atoms with Gasteiger partial charge in [0.1, 0.15) is 23.7 Å². The number of methoxy groups -OCH3 is 7. The highest BCUT2D eigenvalue weighted by Gasteiger charge is 3.09. The van der Waals surface area contributed by atoms with Crippen LogP contribution in [0.15, 0.2) is 0 Å². The van der Waals surface area contributed by atoms with E-state index in [-0.39, 0.29) is 0 Å². The SMILES string of the molecule is CC12C(=O)OC(=O)C1(C)C1(C)C(=O)OC(=O)C21C.CC12C(=O)OC(=O)C1C1(C)C(=O)OC(=O)C21.CC12C(=O)OC(=O)C1C1C(=O)OC(=O)C12.COC12C(=O)OC(=O)C1(OC)C1(OC)C(=O)OC(=O)C21OC.COC12C(=O)OC(=O)C1C1(OC)C(=O)OC(=O)C21.COC12C(=O)OC(=O)C1C1C(=O)OC(=O)C12. The van der Waals surface area contributed by atoms with Gasteiger partial charge in [-0.2, -0.15) is 0 Å². The summed E-state index contributed by atoms with van der Waals surface area (Å²) in [5, 5.41) is 0. The van der Waals surface area contributed by atoms with E-state index in [0.717, 1.165) is 42.7 Å². The second-order valence-electron chi connectivity index (χ2n) is 28.0. The molecule has 18 aliphatic rings. The number of hydrogen-bond acceptors (Lipinski definition) is 43. The highest BCUT2D eigenvalue weighted by atomic mass is 16.8. The van der Waals surface area contributed by atoms with Crippen LogP contribution in [-0.2, 0) is 205 Å². The van der Waals surface area contributed by atoms with Crippen LogP contribution in [0.1, 0.15) is 48.5 Å². The number of carbonyl (C=O) groups excluding carboxylic acids is 24. The first kappa shape index (κ1) is 72.7. The maximum atomic E-state index is 12.3. The molecule has 0 N–H and O–H groups in total. The molecule has 0 radical (unpaired) electrons. The summed E-state index contributed by atoms with van der Waals surface area (Å²) < 4.78 is 89.7. The molecule has 558 valence electrons. The van der Waals surface area contributed by atoms with Crippen molar-refractivity contribution >= 4 is 143 Å². The predicted molar refractivity (Wildman–Crippen MR) is 293 cm³/mol. The Morgan fingerprint density at radius 3 is 0.724 bits per heavy atom. The maximum Gasteiger partial charge on any atom is 0.353 e. The Bertz CT molecular complexity index is 4120. The van der Waals surface area contributed by atoms with Crippen LogP contribution in [0.3, 0.4) is 0 Å². The molecule has 105 heavy (non-hydrogen) atoms. The largest absolute Gasteiger partial charge is 0.393 e. The van der Waals surface area contributed by atoms with Crippen molar-refractivity contribution in [3.05, 3.63) is 0 Å². The van der Waals surface area contributed by atoms with Gasteiger partial charge >= 0.3 is 143 Å². The summed E-state index contributed by atoms with van der Waals surface area (Å²) in [4.78, 5) is 280. The second kappa shape index (κ2) is 21.1. The van der Waals surface area contributed by atoms with Crippen LogP contribution < -0.4 is 0 Å².